The Morgan fingerprint density at radius 1 is 1.43 bits per heavy atom. The first kappa shape index (κ1) is 15.9. The van der Waals surface area contributed by atoms with Gasteiger partial charge in [-0.05, 0) is 34.1 Å². The minimum Gasteiger partial charge on any atom is -0.483 e. The van der Waals surface area contributed by atoms with E-state index in [1.54, 1.807) is 29.5 Å². The first-order valence-corrected chi connectivity index (χ1v) is 8.15. The van der Waals surface area contributed by atoms with E-state index in [2.05, 4.69) is 21.2 Å². The normalized spacial score (nSPS) is 10.1. The van der Waals surface area contributed by atoms with E-state index in [0.29, 0.717) is 17.9 Å². The van der Waals surface area contributed by atoms with E-state index in [1.165, 1.54) is 0 Å². The zero-order valence-electron chi connectivity index (χ0n) is 11.0. The molecular formula is C14H13BrN2O2S2. The molecule has 110 valence electrons. The Kier molecular flexibility index (Phi) is 5.72. The van der Waals surface area contributed by atoms with Crippen LogP contribution in [0, 0.1) is 0 Å². The van der Waals surface area contributed by atoms with Crippen LogP contribution in [0.1, 0.15) is 10.4 Å². The maximum atomic E-state index is 11.8. The molecule has 7 heteroatoms. The van der Waals surface area contributed by atoms with Crippen molar-refractivity contribution in [2.45, 2.75) is 6.54 Å². The molecule has 0 aliphatic rings. The molecular weight excluding hydrogens is 372 g/mol. The Morgan fingerprint density at radius 3 is 2.86 bits per heavy atom. The van der Waals surface area contributed by atoms with Crippen molar-refractivity contribution in [2.24, 2.45) is 5.73 Å². The molecule has 1 aromatic carbocycles. The van der Waals surface area contributed by atoms with Gasteiger partial charge in [-0.3, -0.25) is 4.79 Å². The number of rotatable bonds is 6. The first-order chi connectivity index (χ1) is 10.1. The van der Waals surface area contributed by atoms with Crippen LogP contribution < -0.4 is 15.8 Å². The molecule has 0 aliphatic carbocycles. The van der Waals surface area contributed by atoms with Crippen LogP contribution in [0.15, 0.2) is 40.2 Å². The van der Waals surface area contributed by atoms with Gasteiger partial charge in [0.2, 0.25) is 0 Å². The largest absolute Gasteiger partial charge is 0.483 e. The van der Waals surface area contributed by atoms with Crippen LogP contribution in [-0.4, -0.2) is 17.5 Å². The summed E-state index contributed by atoms with van der Waals surface area (Å²) in [5, 5.41) is 4.76. The number of thiophene rings is 1. The number of carbonyl (C=O) groups excluding carboxylic acids is 1. The molecule has 2 rings (SSSR count). The third-order valence-corrected chi connectivity index (χ3v) is 4.51. The molecule has 0 saturated carbocycles. The highest BCUT2D eigenvalue weighted by molar-refractivity contribution is 9.10. The molecule has 0 unspecified atom stereocenters. The second-order valence-corrected chi connectivity index (χ2v) is 6.51. The Bertz CT molecular complexity index is 658. The molecule has 0 atom stereocenters. The molecule has 4 nitrogen and oxygen atoms in total. The van der Waals surface area contributed by atoms with Gasteiger partial charge in [-0.2, -0.15) is 0 Å². The third kappa shape index (κ3) is 4.80. The third-order valence-electron chi connectivity index (χ3n) is 2.59. The fourth-order valence-electron chi connectivity index (χ4n) is 1.62. The van der Waals surface area contributed by atoms with E-state index >= 15 is 0 Å². The quantitative estimate of drug-likeness (QED) is 0.751. The maximum absolute atomic E-state index is 11.8. The minimum atomic E-state index is -0.197. The zero-order chi connectivity index (χ0) is 15.2. The van der Waals surface area contributed by atoms with E-state index in [0.717, 1.165) is 9.35 Å². The molecule has 2 aromatic rings. The summed E-state index contributed by atoms with van der Waals surface area (Å²) >= 11 is 9.89. The van der Waals surface area contributed by atoms with Crippen LogP contribution in [0.2, 0.25) is 0 Å². The number of thiocarbonyl (C=S) groups is 1. The summed E-state index contributed by atoms with van der Waals surface area (Å²) in [5.41, 5.74) is 6.23. The lowest BCUT2D eigenvalue weighted by molar-refractivity contribution is -0.123. The molecule has 3 N–H and O–H groups in total. The van der Waals surface area contributed by atoms with E-state index in [1.807, 2.05) is 17.5 Å². The lowest BCUT2D eigenvalue weighted by Crippen LogP contribution is -2.28. The minimum absolute atomic E-state index is 0.0772. The second-order valence-electron chi connectivity index (χ2n) is 4.16. The average Bonchev–Trinajstić information content (AvgIpc) is 2.88. The van der Waals surface area contributed by atoms with Gasteiger partial charge in [0.15, 0.2) is 6.61 Å². The summed E-state index contributed by atoms with van der Waals surface area (Å²) in [6, 6.07) is 9.08. The van der Waals surface area contributed by atoms with Crippen molar-refractivity contribution < 1.29 is 9.53 Å². The zero-order valence-corrected chi connectivity index (χ0v) is 14.2. The summed E-state index contributed by atoms with van der Waals surface area (Å²) in [6.07, 6.45) is 0. The predicted octanol–water partition coefficient (Wildman–Crippen LogP) is 2.84. The van der Waals surface area contributed by atoms with Gasteiger partial charge < -0.3 is 15.8 Å². The standard InChI is InChI=1S/C14H13BrN2O2S2/c15-9-5-10(21-8-9)6-17-13(18)7-19-12-4-2-1-3-11(12)14(16)20/h1-5,8H,6-7H2,(H2,16,20)(H,17,18). The molecule has 1 aromatic heterocycles. The summed E-state index contributed by atoms with van der Waals surface area (Å²) in [5.74, 6) is 0.316. The fourth-order valence-corrected chi connectivity index (χ4v) is 3.18. The van der Waals surface area contributed by atoms with Gasteiger partial charge in [0.1, 0.15) is 10.7 Å². The van der Waals surface area contributed by atoms with Crippen molar-refractivity contribution in [3.8, 4) is 5.75 Å². The molecule has 0 saturated heterocycles. The number of carbonyl (C=O) groups is 1. The van der Waals surface area contributed by atoms with Crippen LogP contribution in [0.4, 0.5) is 0 Å². The van der Waals surface area contributed by atoms with Gasteiger partial charge in [-0.15, -0.1) is 11.3 Å². The highest BCUT2D eigenvalue weighted by Crippen LogP contribution is 2.19. The average molecular weight is 385 g/mol. The molecule has 0 spiro atoms. The van der Waals surface area contributed by atoms with Crippen molar-refractivity contribution in [3.63, 3.8) is 0 Å². The van der Waals surface area contributed by atoms with E-state index in [4.69, 9.17) is 22.7 Å². The number of hydrogen-bond donors (Lipinski definition) is 2. The number of ether oxygens (including phenoxy) is 1. The van der Waals surface area contributed by atoms with Gasteiger partial charge in [-0.1, -0.05) is 24.4 Å². The van der Waals surface area contributed by atoms with Crippen LogP contribution in [0.25, 0.3) is 0 Å². The molecule has 0 aliphatic heterocycles. The summed E-state index contributed by atoms with van der Waals surface area (Å²) in [4.78, 5) is 13.1. The number of nitrogens with one attached hydrogen (secondary N) is 1. The first-order valence-electron chi connectivity index (χ1n) is 6.07. The van der Waals surface area contributed by atoms with Gasteiger partial charge in [0.05, 0.1) is 12.1 Å². The smallest absolute Gasteiger partial charge is 0.258 e. The molecule has 1 heterocycles. The van der Waals surface area contributed by atoms with Gasteiger partial charge >= 0.3 is 0 Å². The molecule has 0 fully saturated rings. The van der Waals surface area contributed by atoms with E-state index in [-0.39, 0.29) is 17.5 Å². The van der Waals surface area contributed by atoms with E-state index < -0.39 is 0 Å². The monoisotopic (exact) mass is 384 g/mol. The second kappa shape index (κ2) is 7.53. The molecule has 1 amide bonds. The SMILES string of the molecule is NC(=S)c1ccccc1OCC(=O)NCc1cc(Br)cs1. The van der Waals surface area contributed by atoms with Crippen LogP contribution in [0.3, 0.4) is 0 Å². The lowest BCUT2D eigenvalue weighted by Gasteiger charge is -2.10. The van der Waals surface area contributed by atoms with Gasteiger partial charge in [0.25, 0.3) is 5.91 Å². The number of para-hydroxylation sites is 1. The van der Waals surface area contributed by atoms with Gasteiger partial charge in [-0.25, -0.2) is 0 Å². The number of benzene rings is 1. The van der Waals surface area contributed by atoms with Crippen molar-refractivity contribution in [3.05, 3.63) is 50.6 Å². The molecule has 0 bridgehead atoms. The number of hydrogen-bond acceptors (Lipinski definition) is 4. The summed E-state index contributed by atoms with van der Waals surface area (Å²) in [6.45, 7) is 0.404. The Morgan fingerprint density at radius 2 is 2.19 bits per heavy atom. The van der Waals surface area contributed by atoms with Crippen LogP contribution >= 0.6 is 39.5 Å². The summed E-state index contributed by atoms with van der Waals surface area (Å²) in [7, 11) is 0. The van der Waals surface area contributed by atoms with Crippen LogP contribution in [-0.2, 0) is 11.3 Å². The summed E-state index contributed by atoms with van der Waals surface area (Å²) < 4.78 is 6.48. The predicted molar refractivity (Wildman–Crippen MR) is 91.7 cm³/mol. The van der Waals surface area contributed by atoms with Crippen molar-refractivity contribution >= 4 is 50.4 Å². The number of halogens is 1. The van der Waals surface area contributed by atoms with Gasteiger partial charge in [0, 0.05) is 14.7 Å². The lowest BCUT2D eigenvalue weighted by atomic mass is 10.2. The van der Waals surface area contributed by atoms with Crippen molar-refractivity contribution in [2.75, 3.05) is 6.61 Å². The fraction of sp³-hybridized carbons (Fsp3) is 0.143. The van der Waals surface area contributed by atoms with Crippen molar-refractivity contribution in [1.29, 1.82) is 0 Å². The molecule has 21 heavy (non-hydrogen) atoms. The topological polar surface area (TPSA) is 64.3 Å². The van der Waals surface area contributed by atoms with E-state index in [9.17, 15) is 4.79 Å². The highest BCUT2D eigenvalue weighted by Gasteiger charge is 2.08. The Hall–Kier alpha value is -1.44. The Balaban J connectivity index is 1.85. The number of amides is 1. The highest BCUT2D eigenvalue weighted by atomic mass is 79.9. The Labute approximate surface area is 140 Å². The number of nitrogens with two attached hydrogens (primary N) is 1. The van der Waals surface area contributed by atoms with Crippen molar-refractivity contribution in [1.82, 2.24) is 5.32 Å². The molecule has 0 radical (unpaired) electrons. The van der Waals surface area contributed by atoms with Crippen LogP contribution in [0.5, 0.6) is 5.75 Å². The maximum Gasteiger partial charge on any atom is 0.258 e.